The van der Waals surface area contributed by atoms with Gasteiger partial charge in [0.2, 0.25) is 0 Å². The maximum absolute atomic E-state index is 11.3. The standard InChI is InChI=1S/C8H13NO4/c1-3-11-7(10)6-5-9-13-8(6)12-4-2/h9H,3-5H2,1-2H3. The van der Waals surface area contributed by atoms with E-state index < -0.39 is 5.97 Å². The van der Waals surface area contributed by atoms with Crippen LogP contribution in [0.15, 0.2) is 11.5 Å². The second kappa shape index (κ2) is 4.71. The fraction of sp³-hybridized carbons (Fsp3) is 0.625. The van der Waals surface area contributed by atoms with Gasteiger partial charge < -0.3 is 14.3 Å². The quantitative estimate of drug-likeness (QED) is 0.643. The lowest BCUT2D eigenvalue weighted by Gasteiger charge is -2.04. The van der Waals surface area contributed by atoms with Crippen molar-refractivity contribution in [1.29, 1.82) is 0 Å². The van der Waals surface area contributed by atoms with Gasteiger partial charge >= 0.3 is 11.9 Å². The summed E-state index contributed by atoms with van der Waals surface area (Å²) >= 11 is 0. The SMILES string of the molecule is CCOC(=O)C1=C(OCC)ONC1. The van der Waals surface area contributed by atoms with E-state index in [1.807, 2.05) is 6.92 Å². The molecule has 0 aromatic rings. The van der Waals surface area contributed by atoms with Crippen molar-refractivity contribution in [3.63, 3.8) is 0 Å². The molecule has 0 fully saturated rings. The van der Waals surface area contributed by atoms with Crippen molar-refractivity contribution < 1.29 is 19.1 Å². The number of nitrogens with one attached hydrogen (secondary N) is 1. The van der Waals surface area contributed by atoms with E-state index in [1.165, 1.54) is 0 Å². The summed E-state index contributed by atoms with van der Waals surface area (Å²) in [6.07, 6.45) is 0. The molecule has 5 heteroatoms. The van der Waals surface area contributed by atoms with Crippen LogP contribution >= 0.6 is 0 Å². The maximum Gasteiger partial charge on any atom is 0.342 e. The molecule has 5 nitrogen and oxygen atoms in total. The Morgan fingerprint density at radius 1 is 1.54 bits per heavy atom. The number of hydrogen-bond acceptors (Lipinski definition) is 5. The third kappa shape index (κ3) is 2.35. The van der Waals surface area contributed by atoms with Gasteiger partial charge in [-0.25, -0.2) is 4.79 Å². The lowest BCUT2D eigenvalue weighted by Crippen LogP contribution is -2.14. The molecule has 0 radical (unpaired) electrons. The zero-order chi connectivity index (χ0) is 9.68. The van der Waals surface area contributed by atoms with Gasteiger partial charge in [-0.1, -0.05) is 0 Å². The molecule has 0 saturated heterocycles. The van der Waals surface area contributed by atoms with Gasteiger partial charge in [-0.2, -0.15) is 0 Å². The largest absolute Gasteiger partial charge is 0.464 e. The van der Waals surface area contributed by atoms with E-state index in [1.54, 1.807) is 6.92 Å². The monoisotopic (exact) mass is 187 g/mol. The van der Waals surface area contributed by atoms with Crippen molar-refractivity contribution in [2.24, 2.45) is 0 Å². The Bertz CT molecular complexity index is 224. The van der Waals surface area contributed by atoms with Crippen molar-refractivity contribution in [2.75, 3.05) is 19.8 Å². The van der Waals surface area contributed by atoms with E-state index in [9.17, 15) is 4.79 Å². The summed E-state index contributed by atoms with van der Waals surface area (Å²) in [6.45, 7) is 4.70. The van der Waals surface area contributed by atoms with Gasteiger partial charge in [0.15, 0.2) is 0 Å². The van der Waals surface area contributed by atoms with Crippen LogP contribution in [0.25, 0.3) is 0 Å². The smallest absolute Gasteiger partial charge is 0.342 e. The van der Waals surface area contributed by atoms with Gasteiger partial charge in [-0.15, -0.1) is 5.48 Å². The molecule has 0 atom stereocenters. The molecule has 0 amide bonds. The molecule has 0 bridgehead atoms. The van der Waals surface area contributed by atoms with Crippen molar-refractivity contribution in [3.8, 4) is 0 Å². The Labute approximate surface area is 76.6 Å². The molecule has 1 heterocycles. The van der Waals surface area contributed by atoms with E-state index >= 15 is 0 Å². The number of carbonyl (C=O) groups excluding carboxylic acids is 1. The number of ether oxygens (including phenoxy) is 2. The summed E-state index contributed by atoms with van der Waals surface area (Å²) in [6, 6.07) is 0. The first-order valence-electron chi connectivity index (χ1n) is 4.22. The van der Waals surface area contributed by atoms with E-state index in [2.05, 4.69) is 5.48 Å². The van der Waals surface area contributed by atoms with Crippen LogP contribution in [0.3, 0.4) is 0 Å². The Morgan fingerprint density at radius 3 is 2.92 bits per heavy atom. The first-order chi connectivity index (χ1) is 6.29. The minimum atomic E-state index is -0.393. The average molecular weight is 187 g/mol. The number of esters is 1. The second-order valence-corrected chi connectivity index (χ2v) is 2.34. The summed E-state index contributed by atoms with van der Waals surface area (Å²) in [4.78, 5) is 16.1. The fourth-order valence-electron chi connectivity index (χ4n) is 0.929. The molecule has 1 N–H and O–H groups in total. The van der Waals surface area contributed by atoms with Gasteiger partial charge in [0.1, 0.15) is 5.57 Å². The molecule has 13 heavy (non-hydrogen) atoms. The van der Waals surface area contributed by atoms with Crippen molar-refractivity contribution in [2.45, 2.75) is 13.8 Å². The number of hydroxylamine groups is 1. The molecule has 0 unspecified atom stereocenters. The van der Waals surface area contributed by atoms with Crippen LogP contribution in [-0.2, 0) is 19.1 Å². The predicted molar refractivity (Wildman–Crippen MR) is 44.4 cm³/mol. The lowest BCUT2D eigenvalue weighted by atomic mass is 10.3. The maximum atomic E-state index is 11.3. The first-order valence-corrected chi connectivity index (χ1v) is 4.22. The Balaban J connectivity index is 2.63. The molecule has 74 valence electrons. The van der Waals surface area contributed by atoms with Crippen molar-refractivity contribution in [3.05, 3.63) is 11.5 Å². The molecule has 0 saturated carbocycles. The summed E-state index contributed by atoms with van der Waals surface area (Å²) < 4.78 is 9.88. The van der Waals surface area contributed by atoms with Gasteiger partial charge in [0.05, 0.1) is 19.8 Å². The number of hydrogen-bond donors (Lipinski definition) is 1. The highest BCUT2D eigenvalue weighted by molar-refractivity contribution is 5.89. The summed E-state index contributed by atoms with van der Waals surface area (Å²) in [7, 11) is 0. The third-order valence-corrected chi connectivity index (χ3v) is 1.46. The topological polar surface area (TPSA) is 56.8 Å². The van der Waals surface area contributed by atoms with Crippen molar-refractivity contribution in [1.82, 2.24) is 5.48 Å². The van der Waals surface area contributed by atoms with Crippen LogP contribution in [0.4, 0.5) is 0 Å². The molecule has 0 aromatic carbocycles. The highest BCUT2D eigenvalue weighted by Gasteiger charge is 2.25. The van der Waals surface area contributed by atoms with Crippen molar-refractivity contribution >= 4 is 5.97 Å². The van der Waals surface area contributed by atoms with Crippen LogP contribution in [-0.4, -0.2) is 25.7 Å². The zero-order valence-corrected chi connectivity index (χ0v) is 7.75. The van der Waals surface area contributed by atoms with Crippen LogP contribution in [0, 0.1) is 0 Å². The number of carbonyl (C=O) groups is 1. The van der Waals surface area contributed by atoms with E-state index in [-0.39, 0.29) is 5.95 Å². The van der Waals surface area contributed by atoms with E-state index in [0.29, 0.717) is 25.3 Å². The van der Waals surface area contributed by atoms with Crippen LogP contribution in [0.1, 0.15) is 13.8 Å². The lowest BCUT2D eigenvalue weighted by molar-refractivity contribution is -0.138. The molecule has 1 aliphatic rings. The van der Waals surface area contributed by atoms with E-state index in [4.69, 9.17) is 14.3 Å². The van der Waals surface area contributed by atoms with E-state index in [0.717, 1.165) is 0 Å². The van der Waals surface area contributed by atoms with Gasteiger partial charge in [0.25, 0.3) is 0 Å². The molecule has 0 spiro atoms. The zero-order valence-electron chi connectivity index (χ0n) is 7.75. The number of rotatable bonds is 4. The summed E-state index contributed by atoms with van der Waals surface area (Å²) in [5.41, 5.74) is 2.95. The molecular formula is C8H13NO4. The van der Waals surface area contributed by atoms with Gasteiger partial charge in [-0.05, 0) is 13.8 Å². The molecule has 0 aliphatic carbocycles. The normalized spacial score (nSPS) is 15.5. The molecule has 1 aliphatic heterocycles. The van der Waals surface area contributed by atoms with Gasteiger partial charge in [0, 0.05) is 0 Å². The third-order valence-electron chi connectivity index (χ3n) is 1.46. The minimum Gasteiger partial charge on any atom is -0.464 e. The first kappa shape index (κ1) is 9.85. The molecule has 0 aromatic heterocycles. The van der Waals surface area contributed by atoms with Gasteiger partial charge in [-0.3, -0.25) is 0 Å². The second-order valence-electron chi connectivity index (χ2n) is 2.34. The molecule has 1 rings (SSSR count). The highest BCUT2D eigenvalue weighted by Crippen LogP contribution is 2.13. The average Bonchev–Trinajstić information content (AvgIpc) is 2.54. The minimum absolute atomic E-state index is 0.223. The fourth-order valence-corrected chi connectivity index (χ4v) is 0.929. The van der Waals surface area contributed by atoms with Crippen LogP contribution in [0.5, 0.6) is 0 Å². The van der Waals surface area contributed by atoms with Crippen LogP contribution < -0.4 is 5.48 Å². The van der Waals surface area contributed by atoms with Crippen LogP contribution in [0.2, 0.25) is 0 Å². The summed E-state index contributed by atoms with van der Waals surface area (Å²) in [5, 5.41) is 0. The Morgan fingerprint density at radius 2 is 2.31 bits per heavy atom. The Kier molecular flexibility index (Phi) is 3.57. The Hall–Kier alpha value is -1.23. The predicted octanol–water partition coefficient (Wildman–Crippen LogP) is 0.332. The highest BCUT2D eigenvalue weighted by atomic mass is 16.8. The molecular weight excluding hydrogens is 174 g/mol. The summed E-state index contributed by atoms with van der Waals surface area (Å²) in [5.74, 6) is -0.170.